The van der Waals surface area contributed by atoms with Crippen molar-refractivity contribution in [3.63, 3.8) is 0 Å². The first kappa shape index (κ1) is 21.8. The monoisotopic (exact) mass is 434 g/mol. The SMILES string of the molecule is COc1ccc(F)cc1C(=O)c1ccc(NC2CCN(Cc3ccccc3)CC2)nc1N. The average Bonchev–Trinajstić information content (AvgIpc) is 2.81. The zero-order chi connectivity index (χ0) is 22.5. The first-order valence-electron chi connectivity index (χ1n) is 10.7. The number of rotatable bonds is 7. The molecule has 1 aromatic heterocycles. The third kappa shape index (κ3) is 5.06. The molecule has 1 aliphatic heterocycles. The lowest BCUT2D eigenvalue weighted by Gasteiger charge is -2.32. The Kier molecular flexibility index (Phi) is 6.66. The van der Waals surface area contributed by atoms with Crippen LogP contribution in [0.1, 0.15) is 34.3 Å². The van der Waals surface area contributed by atoms with Crippen molar-refractivity contribution >= 4 is 17.4 Å². The lowest BCUT2D eigenvalue weighted by molar-refractivity contribution is 0.103. The van der Waals surface area contributed by atoms with Crippen LogP contribution in [-0.4, -0.2) is 41.9 Å². The van der Waals surface area contributed by atoms with Gasteiger partial charge in [0.05, 0.1) is 18.2 Å². The van der Waals surface area contributed by atoms with Gasteiger partial charge in [-0.05, 0) is 48.7 Å². The molecule has 0 bridgehead atoms. The zero-order valence-electron chi connectivity index (χ0n) is 18.1. The molecule has 0 atom stereocenters. The topological polar surface area (TPSA) is 80.5 Å². The van der Waals surface area contributed by atoms with Crippen LogP contribution in [0.15, 0.2) is 60.7 Å². The van der Waals surface area contributed by atoms with Crippen LogP contribution in [0.2, 0.25) is 0 Å². The summed E-state index contributed by atoms with van der Waals surface area (Å²) in [5.41, 5.74) is 7.75. The number of benzene rings is 2. The van der Waals surface area contributed by atoms with Crippen molar-refractivity contribution in [1.29, 1.82) is 0 Å². The molecule has 0 spiro atoms. The van der Waals surface area contributed by atoms with Crippen molar-refractivity contribution in [2.24, 2.45) is 0 Å². The van der Waals surface area contributed by atoms with E-state index in [0.717, 1.165) is 38.5 Å². The maximum atomic E-state index is 13.7. The molecule has 32 heavy (non-hydrogen) atoms. The number of carbonyl (C=O) groups excluding carboxylic acids is 1. The molecule has 2 heterocycles. The molecule has 3 N–H and O–H groups in total. The smallest absolute Gasteiger partial charge is 0.200 e. The predicted molar refractivity (Wildman–Crippen MR) is 123 cm³/mol. The molecule has 0 amide bonds. The van der Waals surface area contributed by atoms with Gasteiger partial charge >= 0.3 is 0 Å². The van der Waals surface area contributed by atoms with Crippen LogP contribution >= 0.6 is 0 Å². The highest BCUT2D eigenvalue weighted by Gasteiger charge is 2.22. The van der Waals surface area contributed by atoms with Crippen molar-refractivity contribution in [2.45, 2.75) is 25.4 Å². The summed E-state index contributed by atoms with van der Waals surface area (Å²) in [5.74, 6) is 0.0875. The largest absolute Gasteiger partial charge is 0.496 e. The van der Waals surface area contributed by atoms with Crippen molar-refractivity contribution in [2.75, 3.05) is 31.2 Å². The lowest BCUT2D eigenvalue weighted by Crippen LogP contribution is -2.38. The second-order valence-corrected chi connectivity index (χ2v) is 7.98. The number of hydrogen-bond acceptors (Lipinski definition) is 6. The maximum Gasteiger partial charge on any atom is 0.200 e. The summed E-state index contributed by atoms with van der Waals surface area (Å²) in [6.07, 6.45) is 1.99. The highest BCUT2D eigenvalue weighted by atomic mass is 19.1. The van der Waals surface area contributed by atoms with E-state index in [1.165, 1.54) is 24.8 Å². The van der Waals surface area contributed by atoms with Gasteiger partial charge in [0, 0.05) is 25.7 Å². The van der Waals surface area contributed by atoms with Crippen molar-refractivity contribution in [1.82, 2.24) is 9.88 Å². The molecule has 2 aromatic carbocycles. The van der Waals surface area contributed by atoms with Crippen molar-refractivity contribution in [3.05, 3.63) is 83.2 Å². The van der Waals surface area contributed by atoms with Crippen molar-refractivity contribution < 1.29 is 13.9 Å². The number of aromatic nitrogens is 1. The Balaban J connectivity index is 1.38. The molecule has 1 saturated heterocycles. The third-order valence-corrected chi connectivity index (χ3v) is 5.76. The quantitative estimate of drug-likeness (QED) is 0.545. The van der Waals surface area contributed by atoms with E-state index in [4.69, 9.17) is 10.5 Å². The molecule has 1 aliphatic rings. The maximum absolute atomic E-state index is 13.7. The number of pyridine rings is 1. The Morgan fingerprint density at radius 1 is 1.12 bits per heavy atom. The minimum Gasteiger partial charge on any atom is -0.496 e. The number of methoxy groups -OCH3 is 1. The third-order valence-electron chi connectivity index (χ3n) is 5.76. The van der Waals surface area contributed by atoms with E-state index in [9.17, 15) is 9.18 Å². The van der Waals surface area contributed by atoms with Gasteiger partial charge in [-0.15, -0.1) is 0 Å². The predicted octanol–water partition coefficient (Wildman–Crippen LogP) is 4.12. The number of halogens is 1. The highest BCUT2D eigenvalue weighted by Crippen LogP contribution is 2.26. The van der Waals surface area contributed by atoms with E-state index >= 15 is 0 Å². The standard InChI is InChI=1S/C25H27FN4O2/c1-32-22-9-7-18(26)15-21(22)24(31)20-8-10-23(29-25(20)27)28-19-11-13-30(14-12-19)16-17-5-3-2-4-6-17/h2-10,15,19H,11-14,16H2,1H3,(H3,27,28,29). The summed E-state index contributed by atoms with van der Waals surface area (Å²) in [4.78, 5) is 19.7. The van der Waals surface area contributed by atoms with E-state index in [-0.39, 0.29) is 16.9 Å². The van der Waals surface area contributed by atoms with Crippen LogP contribution in [-0.2, 0) is 6.54 Å². The number of piperidine rings is 1. The summed E-state index contributed by atoms with van der Waals surface area (Å²) >= 11 is 0. The fraction of sp³-hybridized carbons (Fsp3) is 0.280. The van der Waals surface area contributed by atoms with Crippen LogP contribution < -0.4 is 15.8 Å². The van der Waals surface area contributed by atoms with Crippen LogP contribution in [0, 0.1) is 5.82 Å². The number of carbonyl (C=O) groups is 1. The summed E-state index contributed by atoms with van der Waals surface area (Å²) in [6, 6.07) is 17.9. The van der Waals surface area contributed by atoms with Gasteiger partial charge in [0.25, 0.3) is 0 Å². The molecule has 3 aromatic rings. The van der Waals surface area contributed by atoms with E-state index in [0.29, 0.717) is 17.6 Å². The van der Waals surface area contributed by atoms with Crippen molar-refractivity contribution in [3.8, 4) is 5.75 Å². The summed E-state index contributed by atoms with van der Waals surface area (Å²) in [6.45, 7) is 2.95. The Morgan fingerprint density at radius 2 is 1.88 bits per heavy atom. The molecule has 4 rings (SSSR count). The van der Waals surface area contributed by atoms with E-state index < -0.39 is 11.6 Å². The van der Waals surface area contributed by atoms with Gasteiger partial charge in [-0.3, -0.25) is 9.69 Å². The summed E-state index contributed by atoms with van der Waals surface area (Å²) < 4.78 is 18.9. The van der Waals surface area contributed by atoms with Crippen LogP contribution in [0.4, 0.5) is 16.0 Å². The molecule has 7 heteroatoms. The average molecular weight is 435 g/mol. The highest BCUT2D eigenvalue weighted by molar-refractivity contribution is 6.13. The molecule has 0 saturated carbocycles. The molecular weight excluding hydrogens is 407 g/mol. The Bertz CT molecular complexity index is 1080. The second kappa shape index (κ2) is 9.78. The number of ether oxygens (including phenoxy) is 1. The minimum absolute atomic E-state index is 0.104. The van der Waals surface area contributed by atoms with Gasteiger partial charge in [-0.1, -0.05) is 30.3 Å². The number of nitrogens with two attached hydrogens (primary N) is 1. The summed E-state index contributed by atoms with van der Waals surface area (Å²) in [7, 11) is 1.43. The fourth-order valence-electron chi connectivity index (χ4n) is 4.04. The number of anilines is 2. The number of ketones is 1. The summed E-state index contributed by atoms with van der Waals surface area (Å²) in [5, 5.41) is 3.43. The molecule has 0 unspecified atom stereocenters. The first-order valence-corrected chi connectivity index (χ1v) is 10.7. The van der Waals surface area contributed by atoms with Gasteiger partial charge < -0.3 is 15.8 Å². The Hall–Kier alpha value is -3.45. The van der Waals surface area contributed by atoms with Gasteiger partial charge in [-0.25, -0.2) is 9.37 Å². The Labute approximate surface area is 187 Å². The number of nitrogen functional groups attached to an aromatic ring is 1. The second-order valence-electron chi connectivity index (χ2n) is 7.98. The molecule has 166 valence electrons. The Morgan fingerprint density at radius 3 is 2.56 bits per heavy atom. The molecule has 0 aliphatic carbocycles. The fourth-order valence-corrected chi connectivity index (χ4v) is 4.04. The van der Waals surface area contributed by atoms with Crippen LogP contribution in [0.5, 0.6) is 5.75 Å². The normalized spacial score (nSPS) is 14.8. The van der Waals surface area contributed by atoms with E-state index in [2.05, 4.69) is 39.5 Å². The van der Waals surface area contributed by atoms with E-state index in [1.807, 2.05) is 6.07 Å². The van der Waals surface area contributed by atoms with Crippen LogP contribution in [0.25, 0.3) is 0 Å². The van der Waals surface area contributed by atoms with Gasteiger partial charge in [0.15, 0.2) is 0 Å². The number of likely N-dealkylation sites (tertiary alicyclic amines) is 1. The molecule has 6 nitrogen and oxygen atoms in total. The number of hydrogen-bond donors (Lipinski definition) is 2. The molecule has 1 fully saturated rings. The zero-order valence-corrected chi connectivity index (χ0v) is 18.1. The van der Waals surface area contributed by atoms with Gasteiger partial charge in [0.2, 0.25) is 5.78 Å². The molecule has 0 radical (unpaired) electrons. The van der Waals surface area contributed by atoms with Gasteiger partial charge in [-0.2, -0.15) is 0 Å². The van der Waals surface area contributed by atoms with Gasteiger partial charge in [0.1, 0.15) is 23.2 Å². The molecular formula is C25H27FN4O2. The number of nitrogens with one attached hydrogen (secondary N) is 1. The van der Waals surface area contributed by atoms with E-state index in [1.54, 1.807) is 12.1 Å². The van der Waals surface area contributed by atoms with Crippen LogP contribution in [0.3, 0.4) is 0 Å². The lowest BCUT2D eigenvalue weighted by atomic mass is 10.0. The minimum atomic E-state index is -0.516. The number of nitrogens with zero attached hydrogens (tertiary/aromatic N) is 2. The first-order chi connectivity index (χ1) is 15.5.